The van der Waals surface area contributed by atoms with Crippen LogP contribution in [0.5, 0.6) is 0 Å². The average Bonchev–Trinajstić information content (AvgIpc) is 2.85. The number of nitrogens with one attached hydrogen (secondary N) is 3. The zero-order chi connectivity index (χ0) is 29.1. The number of aliphatic imine (C=N–C) groups is 2. The van der Waals surface area contributed by atoms with Crippen molar-refractivity contribution in [1.29, 1.82) is 0 Å². The molecular formula is C21H43N11O6. The molecule has 17 heteroatoms. The minimum atomic E-state index is -1.57. The molecular weight excluding hydrogens is 502 g/mol. The molecule has 0 heterocycles. The van der Waals surface area contributed by atoms with Crippen molar-refractivity contribution >= 4 is 35.6 Å². The van der Waals surface area contributed by atoms with Gasteiger partial charge in [-0.05, 0) is 51.5 Å². The van der Waals surface area contributed by atoms with Gasteiger partial charge in [0.1, 0.15) is 18.1 Å². The van der Waals surface area contributed by atoms with E-state index in [0.717, 1.165) is 0 Å². The summed E-state index contributed by atoms with van der Waals surface area (Å²) in [5.41, 5.74) is 32.6. The van der Waals surface area contributed by atoms with E-state index >= 15 is 0 Å². The van der Waals surface area contributed by atoms with E-state index in [1.165, 1.54) is 0 Å². The maximum absolute atomic E-state index is 13.1. The van der Waals surface area contributed by atoms with E-state index in [1.807, 2.05) is 0 Å². The molecule has 38 heavy (non-hydrogen) atoms. The zero-order valence-corrected chi connectivity index (χ0v) is 21.5. The van der Waals surface area contributed by atoms with Crippen LogP contribution in [-0.2, 0) is 19.2 Å². The van der Waals surface area contributed by atoms with E-state index in [2.05, 4.69) is 25.9 Å². The summed E-state index contributed by atoms with van der Waals surface area (Å²) < 4.78 is 0. The molecule has 0 fully saturated rings. The number of carbonyl (C=O) groups is 4. The minimum Gasteiger partial charge on any atom is -0.480 e. The number of carboxylic acids is 1. The van der Waals surface area contributed by atoms with E-state index in [4.69, 9.17) is 39.5 Å². The van der Waals surface area contributed by atoms with E-state index in [-0.39, 0.29) is 50.7 Å². The van der Waals surface area contributed by atoms with Crippen LogP contribution in [-0.4, -0.2) is 96.2 Å². The van der Waals surface area contributed by atoms with Gasteiger partial charge in [-0.2, -0.15) is 0 Å². The highest BCUT2D eigenvalue weighted by atomic mass is 16.4. The van der Waals surface area contributed by atoms with E-state index < -0.39 is 54.5 Å². The fraction of sp³-hybridized carbons (Fsp3) is 0.714. The van der Waals surface area contributed by atoms with Crippen LogP contribution in [0.25, 0.3) is 0 Å². The van der Waals surface area contributed by atoms with E-state index in [9.17, 15) is 24.3 Å². The fourth-order valence-electron chi connectivity index (χ4n) is 3.19. The van der Waals surface area contributed by atoms with Gasteiger partial charge in [-0.1, -0.05) is 0 Å². The SMILES string of the molecule is NCCCCC(NC(=O)C(N)CCCN=C(N)N)C(=O)NC(CCCN=C(N)N)C(=O)NC(CO)C(=O)O. The van der Waals surface area contributed by atoms with Crippen molar-refractivity contribution in [3.8, 4) is 0 Å². The Morgan fingerprint density at radius 1 is 0.684 bits per heavy atom. The van der Waals surface area contributed by atoms with Gasteiger partial charge in [-0.3, -0.25) is 24.4 Å². The standard InChI is InChI=1S/C21H43N11O6/c22-8-2-1-6-13(30-16(34)12(23)5-3-9-28-20(24)25)17(35)31-14(7-4-10-29-21(26)27)18(36)32-15(11-33)19(37)38/h12-15,33H,1-11,22-23H2,(H,30,34)(H,31,35)(H,32,36)(H,37,38)(H4,24,25,28)(H4,26,27,29). The third-order valence-corrected chi connectivity index (χ3v) is 5.26. The van der Waals surface area contributed by atoms with Crippen molar-refractivity contribution in [2.24, 2.45) is 44.4 Å². The van der Waals surface area contributed by atoms with Gasteiger partial charge < -0.3 is 60.6 Å². The summed E-state index contributed by atoms with van der Waals surface area (Å²) in [5, 5.41) is 25.7. The van der Waals surface area contributed by atoms with Crippen LogP contribution in [0.15, 0.2) is 9.98 Å². The Bertz CT molecular complexity index is 815. The largest absolute Gasteiger partial charge is 0.480 e. The Morgan fingerprint density at radius 2 is 1.13 bits per heavy atom. The molecule has 4 atom stereocenters. The number of carbonyl (C=O) groups excluding carboxylic acids is 3. The highest BCUT2D eigenvalue weighted by molar-refractivity contribution is 5.94. The predicted molar refractivity (Wildman–Crippen MR) is 141 cm³/mol. The first-order valence-corrected chi connectivity index (χ1v) is 12.2. The van der Waals surface area contributed by atoms with Gasteiger partial charge in [0.05, 0.1) is 12.6 Å². The molecule has 0 saturated carbocycles. The van der Waals surface area contributed by atoms with Crippen molar-refractivity contribution in [1.82, 2.24) is 16.0 Å². The number of rotatable bonds is 20. The van der Waals surface area contributed by atoms with E-state index in [0.29, 0.717) is 25.8 Å². The van der Waals surface area contributed by atoms with Crippen molar-refractivity contribution in [3.05, 3.63) is 0 Å². The second kappa shape index (κ2) is 19.4. The van der Waals surface area contributed by atoms with Gasteiger partial charge in [-0.15, -0.1) is 0 Å². The Kier molecular flexibility index (Phi) is 17.5. The summed E-state index contributed by atoms with van der Waals surface area (Å²) in [4.78, 5) is 57.4. The number of aliphatic carboxylic acids is 1. The Hall–Kier alpha value is -3.70. The molecule has 17 N–H and O–H groups in total. The topological polar surface area (TPSA) is 326 Å². The number of nitrogens with two attached hydrogens (primary N) is 6. The summed E-state index contributed by atoms with van der Waals surface area (Å²) in [5.74, 6) is -3.78. The van der Waals surface area contributed by atoms with Crippen LogP contribution in [0.4, 0.5) is 0 Å². The third kappa shape index (κ3) is 15.4. The van der Waals surface area contributed by atoms with Crippen LogP contribution in [0.3, 0.4) is 0 Å². The first kappa shape index (κ1) is 34.3. The lowest BCUT2D eigenvalue weighted by Crippen LogP contribution is -2.57. The van der Waals surface area contributed by atoms with Gasteiger partial charge in [0.25, 0.3) is 0 Å². The number of guanidine groups is 2. The molecule has 0 bridgehead atoms. The van der Waals surface area contributed by atoms with Crippen molar-refractivity contribution in [2.75, 3.05) is 26.2 Å². The number of unbranched alkanes of at least 4 members (excludes halogenated alkanes) is 1. The van der Waals surface area contributed by atoms with Crippen molar-refractivity contribution < 1.29 is 29.4 Å². The molecule has 0 radical (unpaired) electrons. The van der Waals surface area contributed by atoms with Gasteiger partial charge >= 0.3 is 5.97 Å². The molecule has 0 aromatic heterocycles. The van der Waals surface area contributed by atoms with Crippen LogP contribution < -0.4 is 50.4 Å². The number of aliphatic hydroxyl groups excluding tert-OH is 1. The Balaban J connectivity index is 5.48. The highest BCUT2D eigenvalue weighted by Gasteiger charge is 2.29. The molecule has 218 valence electrons. The maximum atomic E-state index is 13.1. The number of amides is 3. The number of hydrogen-bond donors (Lipinski definition) is 11. The second-order valence-electron chi connectivity index (χ2n) is 8.49. The molecule has 0 aromatic carbocycles. The molecule has 0 aliphatic rings. The Morgan fingerprint density at radius 3 is 1.58 bits per heavy atom. The first-order chi connectivity index (χ1) is 17.9. The van der Waals surface area contributed by atoms with E-state index in [1.54, 1.807) is 0 Å². The molecule has 3 amide bonds. The van der Waals surface area contributed by atoms with Gasteiger partial charge in [0.15, 0.2) is 11.9 Å². The number of nitrogens with zero attached hydrogens (tertiary/aromatic N) is 2. The molecule has 0 saturated heterocycles. The molecule has 17 nitrogen and oxygen atoms in total. The van der Waals surface area contributed by atoms with Crippen LogP contribution in [0.1, 0.15) is 44.9 Å². The quantitative estimate of drug-likeness (QED) is 0.0389. The lowest BCUT2D eigenvalue weighted by atomic mass is 10.0. The van der Waals surface area contributed by atoms with Crippen molar-refractivity contribution in [3.63, 3.8) is 0 Å². The maximum Gasteiger partial charge on any atom is 0.328 e. The number of hydrogen-bond acceptors (Lipinski definition) is 9. The number of carboxylic acid groups (broad SMARTS) is 1. The average molecular weight is 546 g/mol. The number of aliphatic hydroxyl groups is 1. The van der Waals surface area contributed by atoms with Gasteiger partial charge in [0.2, 0.25) is 17.7 Å². The molecule has 0 aromatic rings. The van der Waals surface area contributed by atoms with Crippen molar-refractivity contribution in [2.45, 2.75) is 69.1 Å². The lowest BCUT2D eigenvalue weighted by molar-refractivity contribution is -0.143. The summed E-state index contributed by atoms with van der Waals surface area (Å²) in [6.07, 6.45) is 2.30. The van der Waals surface area contributed by atoms with Gasteiger partial charge in [0, 0.05) is 13.1 Å². The smallest absolute Gasteiger partial charge is 0.328 e. The summed E-state index contributed by atoms with van der Waals surface area (Å²) >= 11 is 0. The highest BCUT2D eigenvalue weighted by Crippen LogP contribution is 2.06. The molecule has 0 aliphatic heterocycles. The van der Waals surface area contributed by atoms with Crippen LogP contribution in [0, 0.1) is 0 Å². The normalized spacial score (nSPS) is 13.8. The molecule has 0 spiro atoms. The van der Waals surface area contributed by atoms with Gasteiger partial charge in [-0.25, -0.2) is 4.79 Å². The fourth-order valence-corrected chi connectivity index (χ4v) is 3.19. The molecule has 0 aliphatic carbocycles. The monoisotopic (exact) mass is 545 g/mol. The van der Waals surface area contributed by atoms with Crippen LogP contribution in [0.2, 0.25) is 0 Å². The summed E-state index contributed by atoms with van der Waals surface area (Å²) in [6, 6.07) is -4.75. The summed E-state index contributed by atoms with van der Waals surface area (Å²) in [7, 11) is 0. The minimum absolute atomic E-state index is 0.0416. The Labute approximate surface area is 221 Å². The predicted octanol–water partition coefficient (Wildman–Crippen LogP) is -4.92. The van der Waals surface area contributed by atoms with Crippen LogP contribution >= 0.6 is 0 Å². The first-order valence-electron chi connectivity index (χ1n) is 12.2. The zero-order valence-electron chi connectivity index (χ0n) is 21.5. The molecule has 4 unspecified atom stereocenters. The lowest BCUT2D eigenvalue weighted by Gasteiger charge is -2.25. The third-order valence-electron chi connectivity index (χ3n) is 5.26. The molecule has 0 rings (SSSR count). The second-order valence-corrected chi connectivity index (χ2v) is 8.49. The summed E-state index contributed by atoms with van der Waals surface area (Å²) in [6.45, 7) is -0.0456.